The van der Waals surface area contributed by atoms with Gasteiger partial charge in [-0.2, -0.15) is 0 Å². The Morgan fingerprint density at radius 3 is 2.57 bits per heavy atom. The lowest BCUT2D eigenvalue weighted by Gasteiger charge is -2.60. The van der Waals surface area contributed by atoms with Crippen LogP contribution in [0.4, 0.5) is 0 Å². The maximum atomic E-state index is 12.3. The van der Waals surface area contributed by atoms with E-state index in [-0.39, 0.29) is 17.1 Å². The van der Waals surface area contributed by atoms with Crippen LogP contribution in [-0.4, -0.2) is 22.3 Å². The lowest BCUT2D eigenvalue weighted by molar-refractivity contribution is -0.135. The van der Waals surface area contributed by atoms with Gasteiger partial charge < -0.3 is 4.74 Å². The summed E-state index contributed by atoms with van der Waals surface area (Å²) in [6.45, 7) is 12.4. The normalized spacial score (nSPS) is 53.0. The molecular formula is C27H43BrO2. The second kappa shape index (κ2) is 7.31. The third-order valence-corrected chi connectivity index (χ3v) is 12.2. The molecule has 10 atom stereocenters. The molecule has 4 saturated carbocycles. The molecule has 2 nitrogen and oxygen atoms in total. The molecule has 1 heterocycles. The van der Waals surface area contributed by atoms with Gasteiger partial charge in [0.05, 0.1) is 0 Å². The first-order valence-electron chi connectivity index (χ1n) is 13.0. The molecule has 1 spiro atoms. The van der Waals surface area contributed by atoms with Crippen molar-refractivity contribution >= 4 is 21.7 Å². The predicted molar refractivity (Wildman–Crippen MR) is 126 cm³/mol. The lowest BCUT2D eigenvalue weighted by Crippen LogP contribution is -2.61. The van der Waals surface area contributed by atoms with E-state index in [1.807, 2.05) is 0 Å². The molecule has 1 unspecified atom stereocenters. The number of alkyl halides is 1. The van der Waals surface area contributed by atoms with Crippen molar-refractivity contribution in [3.63, 3.8) is 0 Å². The Hall–Kier alpha value is 0.110. The molecule has 3 heteroatoms. The summed E-state index contributed by atoms with van der Waals surface area (Å²) in [4.78, 5) is 12.8. The van der Waals surface area contributed by atoms with Gasteiger partial charge in [0.2, 0.25) is 0 Å². The standard InChI is InChI=1S/C27H43BrO2/c1-16(2)7-6-8-17(3)19-9-10-20-22-21(12-13-25(19,20)4)26(5)14-11-18(29)15-27(26)24(30-27)23(22)28/h16-17,19-24H,6-15H2,1-5H3/t17-,19-,20+,21+,22+,23?,24-,25-,26-,27-/m1/s1. The summed E-state index contributed by atoms with van der Waals surface area (Å²) in [6, 6.07) is 0. The zero-order valence-corrected chi connectivity index (χ0v) is 21.5. The van der Waals surface area contributed by atoms with Gasteiger partial charge in [-0.1, -0.05) is 69.8 Å². The van der Waals surface area contributed by atoms with E-state index in [0.717, 1.165) is 48.3 Å². The molecule has 170 valence electrons. The highest BCUT2D eigenvalue weighted by molar-refractivity contribution is 9.09. The van der Waals surface area contributed by atoms with E-state index in [0.29, 0.717) is 22.4 Å². The van der Waals surface area contributed by atoms with Crippen molar-refractivity contribution in [3.05, 3.63) is 0 Å². The molecule has 0 bridgehead atoms. The van der Waals surface area contributed by atoms with Crippen LogP contribution < -0.4 is 0 Å². The Balaban J connectivity index is 1.37. The number of halogens is 1. The van der Waals surface area contributed by atoms with Crippen LogP contribution >= 0.6 is 15.9 Å². The third-order valence-electron chi connectivity index (χ3n) is 11.1. The number of fused-ring (bicyclic) bond motifs is 4. The van der Waals surface area contributed by atoms with Crippen LogP contribution in [0.5, 0.6) is 0 Å². The van der Waals surface area contributed by atoms with Crippen LogP contribution in [0.1, 0.15) is 98.8 Å². The largest absolute Gasteiger partial charge is 0.364 e. The topological polar surface area (TPSA) is 29.6 Å². The van der Waals surface area contributed by atoms with E-state index in [1.54, 1.807) is 0 Å². The maximum Gasteiger partial charge on any atom is 0.135 e. The van der Waals surface area contributed by atoms with Crippen LogP contribution in [-0.2, 0) is 9.53 Å². The fourth-order valence-electron chi connectivity index (χ4n) is 9.42. The molecule has 0 amide bonds. The zero-order valence-electron chi connectivity index (χ0n) is 19.9. The number of hydrogen-bond acceptors (Lipinski definition) is 2. The second-order valence-electron chi connectivity index (χ2n) is 12.8. The summed E-state index contributed by atoms with van der Waals surface area (Å²) in [7, 11) is 0. The minimum atomic E-state index is -0.131. The molecule has 5 rings (SSSR count). The molecule has 1 aliphatic heterocycles. The molecule has 5 fully saturated rings. The quantitative estimate of drug-likeness (QED) is 0.309. The number of carbonyl (C=O) groups excluding carboxylic acids is 1. The fraction of sp³-hybridized carbons (Fsp3) is 0.963. The van der Waals surface area contributed by atoms with Crippen molar-refractivity contribution in [1.82, 2.24) is 0 Å². The molecule has 0 aromatic heterocycles. The van der Waals surface area contributed by atoms with Crippen LogP contribution in [0.15, 0.2) is 0 Å². The van der Waals surface area contributed by atoms with Crippen LogP contribution in [0.3, 0.4) is 0 Å². The third kappa shape index (κ3) is 2.92. The Morgan fingerprint density at radius 2 is 1.83 bits per heavy atom. The molecule has 0 aromatic rings. The van der Waals surface area contributed by atoms with Crippen molar-refractivity contribution in [2.45, 2.75) is 115 Å². The molecule has 1 saturated heterocycles. The fourth-order valence-corrected chi connectivity index (χ4v) is 10.7. The average molecular weight is 480 g/mol. The summed E-state index contributed by atoms with van der Waals surface area (Å²) in [5, 5.41) is 0. The van der Waals surface area contributed by atoms with Gasteiger partial charge in [0.25, 0.3) is 0 Å². The Bertz CT molecular complexity index is 705. The van der Waals surface area contributed by atoms with E-state index in [9.17, 15) is 4.79 Å². The highest BCUT2D eigenvalue weighted by Gasteiger charge is 2.78. The maximum absolute atomic E-state index is 12.3. The van der Waals surface area contributed by atoms with Gasteiger partial charge in [-0.15, -0.1) is 0 Å². The Labute approximate surface area is 192 Å². The Kier molecular flexibility index (Phi) is 5.34. The highest BCUT2D eigenvalue weighted by Crippen LogP contribution is 2.75. The molecule has 0 radical (unpaired) electrons. The number of ketones is 1. The molecule has 30 heavy (non-hydrogen) atoms. The number of epoxide rings is 1. The lowest BCUT2D eigenvalue weighted by atomic mass is 9.44. The van der Waals surface area contributed by atoms with E-state index in [2.05, 4.69) is 50.5 Å². The number of rotatable bonds is 5. The van der Waals surface area contributed by atoms with Crippen molar-refractivity contribution in [2.75, 3.05) is 0 Å². The summed E-state index contributed by atoms with van der Waals surface area (Å²) >= 11 is 4.18. The second-order valence-corrected chi connectivity index (χ2v) is 13.9. The summed E-state index contributed by atoms with van der Waals surface area (Å²) in [5.74, 6) is 5.30. The molecule has 4 aliphatic carbocycles. The van der Waals surface area contributed by atoms with E-state index in [1.165, 1.54) is 44.9 Å². The smallest absolute Gasteiger partial charge is 0.135 e. The minimum Gasteiger partial charge on any atom is -0.364 e. The van der Waals surface area contributed by atoms with E-state index in [4.69, 9.17) is 4.74 Å². The van der Waals surface area contributed by atoms with Gasteiger partial charge in [0.1, 0.15) is 17.5 Å². The van der Waals surface area contributed by atoms with Gasteiger partial charge in [-0.25, -0.2) is 0 Å². The van der Waals surface area contributed by atoms with Gasteiger partial charge >= 0.3 is 0 Å². The summed E-state index contributed by atoms with van der Waals surface area (Å²) in [6.07, 6.45) is 12.5. The minimum absolute atomic E-state index is 0.131. The van der Waals surface area contributed by atoms with Crippen molar-refractivity contribution < 1.29 is 9.53 Å². The number of ether oxygens (including phenoxy) is 1. The Morgan fingerprint density at radius 1 is 1.07 bits per heavy atom. The molecule has 0 N–H and O–H groups in total. The molecule has 5 aliphatic rings. The van der Waals surface area contributed by atoms with Gasteiger partial charge in [-0.05, 0) is 73.0 Å². The van der Waals surface area contributed by atoms with Gasteiger partial charge in [0, 0.05) is 23.1 Å². The van der Waals surface area contributed by atoms with E-state index < -0.39 is 0 Å². The molecule has 0 aromatic carbocycles. The van der Waals surface area contributed by atoms with Gasteiger partial charge in [0.15, 0.2) is 0 Å². The first-order chi connectivity index (χ1) is 14.1. The first kappa shape index (κ1) is 21.9. The zero-order chi connectivity index (χ0) is 21.5. The van der Waals surface area contributed by atoms with E-state index >= 15 is 0 Å². The van der Waals surface area contributed by atoms with Crippen molar-refractivity contribution in [1.29, 1.82) is 0 Å². The predicted octanol–water partition coefficient (Wildman–Crippen LogP) is 7.18. The number of Topliss-reactive ketones (excluding diaryl/α,β-unsaturated/α-hetero) is 1. The van der Waals surface area contributed by atoms with Gasteiger partial charge in [-0.3, -0.25) is 4.79 Å². The van der Waals surface area contributed by atoms with Crippen molar-refractivity contribution in [3.8, 4) is 0 Å². The van der Waals surface area contributed by atoms with Crippen LogP contribution in [0.25, 0.3) is 0 Å². The monoisotopic (exact) mass is 478 g/mol. The van der Waals surface area contributed by atoms with Crippen LogP contribution in [0.2, 0.25) is 0 Å². The van der Waals surface area contributed by atoms with Crippen LogP contribution in [0, 0.1) is 46.3 Å². The highest BCUT2D eigenvalue weighted by atomic mass is 79.9. The number of hydrogen-bond donors (Lipinski definition) is 0. The first-order valence-corrected chi connectivity index (χ1v) is 13.9. The summed E-state index contributed by atoms with van der Waals surface area (Å²) in [5.41, 5.74) is 0.580. The molecular weight excluding hydrogens is 436 g/mol. The SMILES string of the molecule is CC(C)CCC[C@@H](C)[C@H]1CC[C@H]2[C@@H]3C(Br)[C@H]4O[C@]45CC(=O)CC[C@]5(C)[C@H]3CC[C@]12C. The number of carbonyl (C=O) groups is 1. The van der Waals surface area contributed by atoms with Crippen molar-refractivity contribution in [2.24, 2.45) is 46.3 Å². The average Bonchev–Trinajstić information content (AvgIpc) is 3.29. The summed E-state index contributed by atoms with van der Waals surface area (Å²) < 4.78 is 6.51.